The van der Waals surface area contributed by atoms with Crippen LogP contribution >= 0.6 is 0 Å². The summed E-state index contributed by atoms with van der Waals surface area (Å²) in [4.78, 5) is 27.7. The van der Waals surface area contributed by atoms with Crippen molar-refractivity contribution in [2.45, 2.75) is 63.9 Å². The fraction of sp³-hybridized carbons (Fsp3) is 0.778. The molecule has 2 saturated heterocycles. The summed E-state index contributed by atoms with van der Waals surface area (Å²) in [7, 11) is 0. The van der Waals surface area contributed by atoms with Crippen molar-refractivity contribution in [3.05, 3.63) is 11.6 Å². The zero-order valence-corrected chi connectivity index (χ0v) is 15.2. The largest absolute Gasteiger partial charge is 0.460 e. The van der Waals surface area contributed by atoms with E-state index in [1.165, 1.54) is 20.8 Å². The van der Waals surface area contributed by atoms with E-state index >= 15 is 0 Å². The maximum atomic E-state index is 13.0. The highest BCUT2D eigenvalue weighted by Gasteiger charge is 2.63. The maximum absolute atomic E-state index is 13.0. The lowest BCUT2D eigenvalue weighted by atomic mass is 9.64. The van der Waals surface area contributed by atoms with Crippen molar-refractivity contribution >= 4 is 11.9 Å². The highest BCUT2D eigenvalue weighted by molar-refractivity contribution is 5.85. The van der Waals surface area contributed by atoms with Gasteiger partial charge in [0.1, 0.15) is 18.3 Å². The molecule has 3 aliphatic rings. The Balaban J connectivity index is 2.05. The average Bonchev–Trinajstić information content (AvgIpc) is 3.13. The molecule has 3 unspecified atom stereocenters. The number of esters is 2. The van der Waals surface area contributed by atoms with Gasteiger partial charge in [0.25, 0.3) is 0 Å². The van der Waals surface area contributed by atoms with Crippen molar-refractivity contribution in [1.29, 1.82) is 0 Å². The quantitative estimate of drug-likeness (QED) is 0.520. The molecule has 3 rings (SSSR count). The van der Waals surface area contributed by atoms with E-state index in [1.807, 2.05) is 6.08 Å². The van der Waals surface area contributed by atoms with Gasteiger partial charge in [-0.2, -0.15) is 0 Å². The minimum atomic E-state index is -2.25. The van der Waals surface area contributed by atoms with Crippen molar-refractivity contribution in [3.8, 4) is 0 Å². The van der Waals surface area contributed by atoms with Gasteiger partial charge in [-0.1, -0.05) is 13.0 Å². The van der Waals surface area contributed by atoms with Gasteiger partial charge in [0, 0.05) is 13.1 Å². The fourth-order valence-electron chi connectivity index (χ4n) is 4.11. The van der Waals surface area contributed by atoms with Crippen LogP contribution in [0.15, 0.2) is 11.6 Å². The molecule has 25 heavy (non-hydrogen) atoms. The second-order valence-corrected chi connectivity index (χ2v) is 7.86. The minimum absolute atomic E-state index is 0.0170. The molecule has 140 valence electrons. The van der Waals surface area contributed by atoms with Gasteiger partial charge in [-0.25, -0.2) is 4.79 Å². The van der Waals surface area contributed by atoms with Crippen molar-refractivity contribution in [1.82, 2.24) is 4.90 Å². The summed E-state index contributed by atoms with van der Waals surface area (Å²) in [6.07, 6.45) is 2.53. The Morgan fingerprint density at radius 1 is 1.24 bits per heavy atom. The zero-order valence-electron chi connectivity index (χ0n) is 15.2. The minimum Gasteiger partial charge on any atom is -0.460 e. The van der Waals surface area contributed by atoms with Crippen LogP contribution in [0.25, 0.3) is 0 Å². The van der Waals surface area contributed by atoms with E-state index in [-0.39, 0.29) is 25.2 Å². The molecule has 0 saturated carbocycles. The van der Waals surface area contributed by atoms with Gasteiger partial charge >= 0.3 is 11.9 Å². The SMILES string of the molecule is CCC1(C)C(=O)O[C@@H]2CCN3CC=C(COC(=O)C(C)(O)C1(C)O)[C@H]23. The Morgan fingerprint density at radius 2 is 1.92 bits per heavy atom. The van der Waals surface area contributed by atoms with Gasteiger partial charge in [0.15, 0.2) is 5.60 Å². The molecule has 0 spiro atoms. The summed E-state index contributed by atoms with van der Waals surface area (Å²) in [6.45, 7) is 7.26. The summed E-state index contributed by atoms with van der Waals surface area (Å²) in [5.74, 6) is -1.55. The molecular weight excluding hydrogens is 326 g/mol. The number of ether oxygens (including phenoxy) is 2. The van der Waals surface area contributed by atoms with E-state index in [0.29, 0.717) is 6.42 Å². The molecule has 0 aromatic carbocycles. The topological polar surface area (TPSA) is 96.3 Å². The number of hydrogen-bond donors (Lipinski definition) is 2. The highest BCUT2D eigenvalue weighted by Crippen LogP contribution is 2.45. The van der Waals surface area contributed by atoms with E-state index in [0.717, 1.165) is 18.7 Å². The number of rotatable bonds is 1. The molecular formula is C18H27NO6. The van der Waals surface area contributed by atoms with Gasteiger partial charge in [0.2, 0.25) is 0 Å². The van der Waals surface area contributed by atoms with Crippen LogP contribution < -0.4 is 0 Å². The summed E-state index contributed by atoms with van der Waals surface area (Å²) in [5, 5.41) is 21.9. The van der Waals surface area contributed by atoms with Crippen molar-refractivity contribution < 1.29 is 29.3 Å². The number of carbonyl (C=O) groups is 2. The van der Waals surface area contributed by atoms with E-state index in [1.54, 1.807) is 6.92 Å². The van der Waals surface area contributed by atoms with Crippen LogP contribution in [-0.4, -0.2) is 70.1 Å². The molecule has 0 aromatic rings. The zero-order chi connectivity index (χ0) is 18.6. The molecule has 0 bridgehead atoms. The maximum Gasteiger partial charge on any atom is 0.341 e. The molecule has 7 nitrogen and oxygen atoms in total. The molecule has 2 fully saturated rings. The number of aliphatic hydroxyl groups is 2. The number of cyclic esters (lactones) is 1. The predicted octanol–water partition coefficient (Wildman–Crippen LogP) is 0.388. The summed E-state index contributed by atoms with van der Waals surface area (Å²) < 4.78 is 11.1. The standard InChI is InChI=1S/C18H27NO6/c1-5-16(2)14(20)25-12-7-9-19-8-6-11(13(12)19)10-24-15(21)17(3,22)18(16,4)23/h6,12-13,22-23H,5,7-10H2,1-4H3/t12-,13-,16?,17?,18?/m1/s1. The number of carbonyl (C=O) groups excluding carboxylic acids is 2. The van der Waals surface area contributed by atoms with Gasteiger partial charge in [0.05, 0.1) is 11.5 Å². The first-order valence-corrected chi connectivity index (χ1v) is 8.82. The van der Waals surface area contributed by atoms with Gasteiger partial charge in [-0.3, -0.25) is 9.69 Å². The van der Waals surface area contributed by atoms with Crippen molar-refractivity contribution in [2.75, 3.05) is 19.7 Å². The van der Waals surface area contributed by atoms with Crippen LogP contribution in [0.1, 0.15) is 40.5 Å². The molecule has 3 aliphatic heterocycles. The second-order valence-electron chi connectivity index (χ2n) is 7.86. The summed E-state index contributed by atoms with van der Waals surface area (Å²) in [5.41, 5.74) is -4.90. The van der Waals surface area contributed by atoms with Gasteiger partial charge in [-0.05, 0) is 39.2 Å². The fourth-order valence-corrected chi connectivity index (χ4v) is 4.11. The Morgan fingerprint density at radius 3 is 2.56 bits per heavy atom. The van der Waals surface area contributed by atoms with E-state index in [9.17, 15) is 19.8 Å². The smallest absolute Gasteiger partial charge is 0.341 e. The van der Waals surface area contributed by atoms with Crippen LogP contribution in [0.3, 0.4) is 0 Å². The van der Waals surface area contributed by atoms with E-state index in [4.69, 9.17) is 9.47 Å². The molecule has 2 N–H and O–H groups in total. The lowest BCUT2D eigenvalue weighted by Crippen LogP contribution is -2.66. The molecule has 3 heterocycles. The Labute approximate surface area is 147 Å². The monoisotopic (exact) mass is 353 g/mol. The van der Waals surface area contributed by atoms with Crippen LogP contribution in [0.5, 0.6) is 0 Å². The Hall–Kier alpha value is -1.44. The molecule has 7 heteroatoms. The molecule has 0 amide bonds. The third-order valence-corrected chi connectivity index (χ3v) is 6.62. The first kappa shape index (κ1) is 18.4. The van der Waals surface area contributed by atoms with Gasteiger partial charge < -0.3 is 19.7 Å². The number of nitrogens with zero attached hydrogens (tertiary/aromatic N) is 1. The van der Waals surface area contributed by atoms with Gasteiger partial charge in [-0.15, -0.1) is 0 Å². The lowest BCUT2D eigenvalue weighted by Gasteiger charge is -2.47. The van der Waals surface area contributed by atoms with Crippen LogP contribution in [0.4, 0.5) is 0 Å². The van der Waals surface area contributed by atoms with Crippen LogP contribution in [0, 0.1) is 5.41 Å². The first-order valence-electron chi connectivity index (χ1n) is 8.82. The predicted molar refractivity (Wildman–Crippen MR) is 88.5 cm³/mol. The molecule has 0 radical (unpaired) electrons. The van der Waals surface area contributed by atoms with Crippen molar-refractivity contribution in [3.63, 3.8) is 0 Å². The summed E-state index contributed by atoms with van der Waals surface area (Å²) >= 11 is 0. The second kappa shape index (κ2) is 5.79. The van der Waals surface area contributed by atoms with Crippen molar-refractivity contribution in [2.24, 2.45) is 5.41 Å². The molecule has 0 aliphatic carbocycles. The van der Waals surface area contributed by atoms with Crippen LogP contribution in [0.2, 0.25) is 0 Å². The summed E-state index contributed by atoms with van der Waals surface area (Å²) in [6, 6.07) is -0.106. The lowest BCUT2D eigenvalue weighted by molar-refractivity contribution is -0.224. The third-order valence-electron chi connectivity index (χ3n) is 6.62. The third kappa shape index (κ3) is 2.44. The molecule has 5 atom stereocenters. The normalized spacial score (nSPS) is 45.3. The Bertz CT molecular complexity index is 625. The van der Waals surface area contributed by atoms with E-state index in [2.05, 4.69) is 4.90 Å². The Kier molecular flexibility index (Phi) is 4.25. The highest BCUT2D eigenvalue weighted by atomic mass is 16.6. The molecule has 0 aromatic heterocycles. The first-order chi connectivity index (χ1) is 11.6. The average molecular weight is 353 g/mol. The number of hydrogen-bond acceptors (Lipinski definition) is 7. The van der Waals surface area contributed by atoms with E-state index < -0.39 is 28.6 Å². The van der Waals surface area contributed by atoms with Crippen LogP contribution in [-0.2, 0) is 19.1 Å².